The average molecular weight is 233 g/mol. The van der Waals surface area contributed by atoms with E-state index in [4.69, 9.17) is 4.74 Å². The van der Waals surface area contributed by atoms with Crippen molar-refractivity contribution in [2.45, 2.75) is 20.3 Å². The van der Waals surface area contributed by atoms with E-state index in [2.05, 4.69) is 11.9 Å². The number of aryl methyl sites for hydroxylation is 1. The van der Waals surface area contributed by atoms with E-state index in [0.29, 0.717) is 13.0 Å². The summed E-state index contributed by atoms with van der Waals surface area (Å²) in [7, 11) is 1.63. The van der Waals surface area contributed by atoms with Gasteiger partial charge < -0.3 is 10.1 Å². The van der Waals surface area contributed by atoms with E-state index < -0.39 is 0 Å². The van der Waals surface area contributed by atoms with Crippen molar-refractivity contribution in [1.82, 2.24) is 5.32 Å². The van der Waals surface area contributed by atoms with Crippen LogP contribution in [-0.4, -0.2) is 19.6 Å². The first-order chi connectivity index (χ1) is 8.02. The summed E-state index contributed by atoms with van der Waals surface area (Å²) in [5, 5.41) is 2.80. The van der Waals surface area contributed by atoms with Gasteiger partial charge in [-0.1, -0.05) is 24.3 Å². The molecule has 0 aromatic heterocycles. The molecule has 0 aliphatic rings. The van der Waals surface area contributed by atoms with E-state index in [1.165, 1.54) is 0 Å². The summed E-state index contributed by atoms with van der Waals surface area (Å²) in [6, 6.07) is 5.80. The van der Waals surface area contributed by atoms with Gasteiger partial charge in [0.25, 0.3) is 0 Å². The second-order valence-corrected chi connectivity index (χ2v) is 4.21. The van der Waals surface area contributed by atoms with Crippen LogP contribution in [-0.2, 0) is 11.2 Å². The predicted molar refractivity (Wildman–Crippen MR) is 69.3 cm³/mol. The Kier molecular flexibility index (Phi) is 4.76. The first kappa shape index (κ1) is 13.3. The molecule has 1 rings (SSSR count). The van der Waals surface area contributed by atoms with Crippen molar-refractivity contribution in [1.29, 1.82) is 0 Å². The second kappa shape index (κ2) is 6.09. The molecule has 17 heavy (non-hydrogen) atoms. The lowest BCUT2D eigenvalue weighted by molar-refractivity contribution is -0.120. The van der Waals surface area contributed by atoms with Gasteiger partial charge in [0.15, 0.2) is 0 Å². The van der Waals surface area contributed by atoms with Gasteiger partial charge in [-0.15, -0.1) is 0 Å². The molecule has 0 unspecified atom stereocenters. The molecule has 0 heterocycles. The van der Waals surface area contributed by atoms with Gasteiger partial charge in [-0.2, -0.15) is 0 Å². The van der Waals surface area contributed by atoms with Gasteiger partial charge in [0, 0.05) is 6.54 Å². The minimum Gasteiger partial charge on any atom is -0.496 e. The highest BCUT2D eigenvalue weighted by Gasteiger charge is 2.05. The average Bonchev–Trinajstić information content (AvgIpc) is 2.29. The van der Waals surface area contributed by atoms with Crippen LogP contribution in [0.4, 0.5) is 0 Å². The van der Waals surface area contributed by atoms with Gasteiger partial charge in [0.05, 0.1) is 13.5 Å². The van der Waals surface area contributed by atoms with E-state index in [1.807, 2.05) is 32.0 Å². The maximum atomic E-state index is 11.6. The Hall–Kier alpha value is -1.77. The van der Waals surface area contributed by atoms with Gasteiger partial charge in [-0.25, -0.2) is 0 Å². The van der Waals surface area contributed by atoms with Crippen LogP contribution in [0.1, 0.15) is 18.1 Å². The van der Waals surface area contributed by atoms with Crippen LogP contribution in [0.25, 0.3) is 0 Å². The van der Waals surface area contributed by atoms with Gasteiger partial charge in [-0.3, -0.25) is 4.79 Å². The maximum Gasteiger partial charge on any atom is 0.224 e. The summed E-state index contributed by atoms with van der Waals surface area (Å²) < 4.78 is 5.22. The van der Waals surface area contributed by atoms with Crippen LogP contribution in [0, 0.1) is 6.92 Å². The molecule has 0 saturated carbocycles. The Bertz CT molecular complexity index is 424. The fourth-order valence-electron chi connectivity index (χ4n) is 1.47. The van der Waals surface area contributed by atoms with Crippen LogP contribution in [0.5, 0.6) is 5.75 Å². The second-order valence-electron chi connectivity index (χ2n) is 4.21. The number of nitrogens with one attached hydrogen (secondary N) is 1. The fraction of sp³-hybridized carbons (Fsp3) is 0.357. The molecule has 0 aliphatic carbocycles. The number of methoxy groups -OCH3 is 1. The molecule has 0 bridgehead atoms. The summed E-state index contributed by atoms with van der Waals surface area (Å²) in [5.41, 5.74) is 2.96. The third-order valence-electron chi connectivity index (χ3n) is 2.42. The monoisotopic (exact) mass is 233 g/mol. The molecule has 3 heteroatoms. The van der Waals surface area contributed by atoms with E-state index in [-0.39, 0.29) is 5.91 Å². The minimum atomic E-state index is -0.00101. The molecule has 1 aromatic rings. The Labute approximate surface area is 102 Å². The van der Waals surface area contributed by atoms with E-state index in [1.54, 1.807) is 7.11 Å². The molecule has 1 amide bonds. The number of hydrogen-bond donors (Lipinski definition) is 1. The van der Waals surface area contributed by atoms with E-state index in [9.17, 15) is 4.79 Å². The lowest BCUT2D eigenvalue weighted by Gasteiger charge is -2.08. The zero-order valence-electron chi connectivity index (χ0n) is 10.7. The molecule has 0 atom stereocenters. The number of carbonyl (C=O) groups is 1. The van der Waals surface area contributed by atoms with E-state index >= 15 is 0 Å². The highest BCUT2D eigenvalue weighted by atomic mass is 16.5. The number of carbonyl (C=O) groups excluding carboxylic acids is 1. The Morgan fingerprint density at radius 2 is 2.18 bits per heavy atom. The SMILES string of the molecule is C=C(C)CNC(=O)Cc1ccc(C)c(OC)c1. The van der Waals surface area contributed by atoms with Crippen molar-refractivity contribution in [3.8, 4) is 5.75 Å². The highest BCUT2D eigenvalue weighted by Crippen LogP contribution is 2.19. The molecule has 3 nitrogen and oxygen atoms in total. The van der Waals surface area contributed by atoms with Gasteiger partial charge in [0.2, 0.25) is 5.91 Å². The first-order valence-electron chi connectivity index (χ1n) is 5.57. The normalized spacial score (nSPS) is 9.82. The topological polar surface area (TPSA) is 38.3 Å². The van der Waals surface area contributed by atoms with Gasteiger partial charge >= 0.3 is 0 Å². The molecule has 1 aromatic carbocycles. The number of ether oxygens (including phenoxy) is 1. The Morgan fingerprint density at radius 3 is 2.76 bits per heavy atom. The van der Waals surface area contributed by atoms with Crippen molar-refractivity contribution >= 4 is 5.91 Å². The number of amides is 1. The summed E-state index contributed by atoms with van der Waals surface area (Å²) in [6.45, 7) is 8.13. The fourth-order valence-corrected chi connectivity index (χ4v) is 1.47. The third kappa shape index (κ3) is 4.31. The summed E-state index contributed by atoms with van der Waals surface area (Å²) in [5.74, 6) is 0.814. The summed E-state index contributed by atoms with van der Waals surface area (Å²) in [4.78, 5) is 11.6. The molecular weight excluding hydrogens is 214 g/mol. The van der Waals surface area contributed by atoms with Crippen molar-refractivity contribution in [3.05, 3.63) is 41.5 Å². The molecule has 92 valence electrons. The van der Waals surface area contributed by atoms with Crippen LogP contribution in [0.2, 0.25) is 0 Å². The molecule has 0 spiro atoms. The highest BCUT2D eigenvalue weighted by molar-refractivity contribution is 5.78. The quantitative estimate of drug-likeness (QED) is 0.792. The Morgan fingerprint density at radius 1 is 1.47 bits per heavy atom. The van der Waals surface area contributed by atoms with E-state index in [0.717, 1.165) is 22.4 Å². The number of rotatable bonds is 5. The maximum absolute atomic E-state index is 11.6. The first-order valence-corrected chi connectivity index (χ1v) is 5.57. The largest absolute Gasteiger partial charge is 0.496 e. The van der Waals surface area contributed by atoms with Crippen LogP contribution in [0.15, 0.2) is 30.4 Å². The smallest absolute Gasteiger partial charge is 0.224 e. The lowest BCUT2D eigenvalue weighted by atomic mass is 10.1. The molecular formula is C14H19NO2. The molecule has 0 aliphatic heterocycles. The van der Waals surface area contributed by atoms with Crippen molar-refractivity contribution < 1.29 is 9.53 Å². The van der Waals surface area contributed by atoms with Gasteiger partial charge in [-0.05, 0) is 31.0 Å². The van der Waals surface area contributed by atoms with Crippen LogP contribution in [0.3, 0.4) is 0 Å². The zero-order chi connectivity index (χ0) is 12.8. The lowest BCUT2D eigenvalue weighted by Crippen LogP contribution is -2.26. The van der Waals surface area contributed by atoms with Crippen LogP contribution >= 0.6 is 0 Å². The molecule has 1 N–H and O–H groups in total. The summed E-state index contributed by atoms with van der Waals surface area (Å²) >= 11 is 0. The van der Waals surface area contributed by atoms with Crippen molar-refractivity contribution in [2.24, 2.45) is 0 Å². The Balaban J connectivity index is 2.62. The van der Waals surface area contributed by atoms with Crippen molar-refractivity contribution in [3.63, 3.8) is 0 Å². The zero-order valence-corrected chi connectivity index (χ0v) is 10.7. The number of benzene rings is 1. The minimum absolute atomic E-state index is 0.00101. The van der Waals surface area contributed by atoms with Crippen LogP contribution < -0.4 is 10.1 Å². The summed E-state index contributed by atoms with van der Waals surface area (Å²) in [6.07, 6.45) is 0.365. The van der Waals surface area contributed by atoms with Crippen molar-refractivity contribution in [2.75, 3.05) is 13.7 Å². The standard InChI is InChI=1S/C14H19NO2/c1-10(2)9-15-14(16)8-12-6-5-11(3)13(7-12)17-4/h5-7H,1,8-9H2,2-4H3,(H,15,16). The molecule has 0 fully saturated rings. The third-order valence-corrected chi connectivity index (χ3v) is 2.42. The molecule has 0 saturated heterocycles. The molecule has 0 radical (unpaired) electrons. The number of hydrogen-bond acceptors (Lipinski definition) is 2. The van der Waals surface area contributed by atoms with Gasteiger partial charge in [0.1, 0.15) is 5.75 Å². The predicted octanol–water partition coefficient (Wildman–Crippen LogP) is 2.24.